The number of hydrogen-bond acceptors (Lipinski definition) is 2. The first kappa shape index (κ1) is 7.66. The summed E-state index contributed by atoms with van der Waals surface area (Å²) in [7, 11) is 0. The largest absolute Gasteiger partial charge is 0.392 e. The third-order valence-electron chi connectivity index (χ3n) is 1.06. The molecule has 2 heteroatoms. The van der Waals surface area contributed by atoms with Crippen LogP contribution in [0.15, 0.2) is 12.7 Å². The highest BCUT2D eigenvalue weighted by molar-refractivity contribution is 4.78. The van der Waals surface area contributed by atoms with Gasteiger partial charge in [0, 0.05) is 6.04 Å². The van der Waals surface area contributed by atoms with Crippen molar-refractivity contribution in [1.82, 2.24) is 0 Å². The Balaban J connectivity index is 3.30. The van der Waals surface area contributed by atoms with Gasteiger partial charge in [-0.1, -0.05) is 6.08 Å². The molecule has 0 amide bonds. The zero-order valence-corrected chi connectivity index (χ0v) is 5.17. The second-order valence-electron chi connectivity index (χ2n) is 1.93. The standard InChI is InChI=1S/C6H13NO/c1-3-4-6(7)5(2)8/h3,5-6,8H,1,4,7H2,2H3. The molecule has 2 unspecified atom stereocenters. The average Bonchev–Trinajstić information content (AvgIpc) is 1.67. The van der Waals surface area contributed by atoms with Crippen LogP contribution in [0.4, 0.5) is 0 Å². The van der Waals surface area contributed by atoms with Crippen LogP contribution in [0.1, 0.15) is 13.3 Å². The van der Waals surface area contributed by atoms with Gasteiger partial charge < -0.3 is 10.8 Å². The number of hydrogen-bond donors (Lipinski definition) is 2. The molecule has 0 saturated heterocycles. The predicted octanol–water partition coefficient (Wildman–Crippen LogP) is 0.271. The maximum absolute atomic E-state index is 8.78. The number of aliphatic hydroxyl groups is 1. The second-order valence-corrected chi connectivity index (χ2v) is 1.93. The van der Waals surface area contributed by atoms with Crippen LogP contribution in [-0.4, -0.2) is 17.3 Å². The van der Waals surface area contributed by atoms with Gasteiger partial charge in [-0.25, -0.2) is 0 Å². The van der Waals surface area contributed by atoms with Crippen molar-refractivity contribution in [3.63, 3.8) is 0 Å². The van der Waals surface area contributed by atoms with E-state index < -0.39 is 6.10 Å². The summed E-state index contributed by atoms with van der Waals surface area (Å²) in [6, 6.07) is -0.146. The maximum Gasteiger partial charge on any atom is 0.0666 e. The van der Waals surface area contributed by atoms with Crippen molar-refractivity contribution < 1.29 is 5.11 Å². The highest BCUT2D eigenvalue weighted by Gasteiger charge is 2.04. The van der Waals surface area contributed by atoms with Gasteiger partial charge in [0.1, 0.15) is 0 Å². The highest BCUT2D eigenvalue weighted by Crippen LogP contribution is 1.93. The Labute approximate surface area is 50.0 Å². The van der Waals surface area contributed by atoms with Gasteiger partial charge in [0.2, 0.25) is 0 Å². The summed E-state index contributed by atoms with van der Waals surface area (Å²) in [5.41, 5.74) is 5.41. The fraction of sp³-hybridized carbons (Fsp3) is 0.667. The number of nitrogens with two attached hydrogens (primary N) is 1. The van der Waals surface area contributed by atoms with Gasteiger partial charge in [0.25, 0.3) is 0 Å². The lowest BCUT2D eigenvalue weighted by molar-refractivity contribution is 0.164. The first-order chi connectivity index (χ1) is 3.68. The molecule has 0 rings (SSSR count). The topological polar surface area (TPSA) is 46.2 Å². The molecule has 0 bridgehead atoms. The van der Waals surface area contributed by atoms with E-state index in [-0.39, 0.29) is 6.04 Å². The molecular weight excluding hydrogens is 102 g/mol. The molecule has 0 aromatic heterocycles. The summed E-state index contributed by atoms with van der Waals surface area (Å²) in [4.78, 5) is 0. The zero-order valence-electron chi connectivity index (χ0n) is 5.17. The molecule has 0 aromatic carbocycles. The molecule has 0 aromatic rings. The van der Waals surface area contributed by atoms with E-state index in [2.05, 4.69) is 6.58 Å². The molecular formula is C6H13NO. The summed E-state index contributed by atoms with van der Waals surface area (Å²) in [5.74, 6) is 0. The van der Waals surface area contributed by atoms with Gasteiger partial charge >= 0.3 is 0 Å². The Kier molecular flexibility index (Phi) is 3.48. The van der Waals surface area contributed by atoms with Crippen LogP contribution in [-0.2, 0) is 0 Å². The first-order valence-electron chi connectivity index (χ1n) is 2.73. The monoisotopic (exact) mass is 115 g/mol. The third kappa shape index (κ3) is 2.77. The minimum atomic E-state index is -0.423. The van der Waals surface area contributed by atoms with Crippen molar-refractivity contribution in [2.75, 3.05) is 0 Å². The van der Waals surface area contributed by atoms with Crippen molar-refractivity contribution in [2.24, 2.45) is 5.73 Å². The Bertz CT molecular complexity index is 70.9. The smallest absolute Gasteiger partial charge is 0.0666 e. The quantitative estimate of drug-likeness (QED) is 0.519. The fourth-order valence-electron chi connectivity index (χ4n) is 0.389. The van der Waals surface area contributed by atoms with E-state index in [0.29, 0.717) is 6.42 Å². The minimum absolute atomic E-state index is 0.146. The molecule has 48 valence electrons. The summed E-state index contributed by atoms with van der Waals surface area (Å²) in [6.45, 7) is 5.17. The van der Waals surface area contributed by atoms with Crippen molar-refractivity contribution in [3.8, 4) is 0 Å². The molecule has 0 fully saturated rings. The zero-order chi connectivity index (χ0) is 6.57. The molecule has 0 saturated carbocycles. The van der Waals surface area contributed by atoms with E-state index in [1.807, 2.05) is 0 Å². The van der Waals surface area contributed by atoms with Crippen molar-refractivity contribution in [2.45, 2.75) is 25.5 Å². The van der Waals surface area contributed by atoms with E-state index in [4.69, 9.17) is 10.8 Å². The van der Waals surface area contributed by atoms with Crippen molar-refractivity contribution in [1.29, 1.82) is 0 Å². The highest BCUT2D eigenvalue weighted by atomic mass is 16.3. The normalized spacial score (nSPS) is 17.4. The summed E-state index contributed by atoms with van der Waals surface area (Å²) < 4.78 is 0. The average molecular weight is 115 g/mol. The third-order valence-corrected chi connectivity index (χ3v) is 1.06. The molecule has 3 N–H and O–H groups in total. The molecule has 0 aliphatic carbocycles. The van der Waals surface area contributed by atoms with E-state index >= 15 is 0 Å². The molecule has 2 nitrogen and oxygen atoms in total. The Morgan fingerprint density at radius 1 is 1.88 bits per heavy atom. The van der Waals surface area contributed by atoms with E-state index in [0.717, 1.165) is 0 Å². The van der Waals surface area contributed by atoms with E-state index in [1.165, 1.54) is 0 Å². The second kappa shape index (κ2) is 3.64. The summed E-state index contributed by atoms with van der Waals surface area (Å²) in [6.07, 6.45) is 1.96. The summed E-state index contributed by atoms with van der Waals surface area (Å²) >= 11 is 0. The first-order valence-corrected chi connectivity index (χ1v) is 2.73. The van der Waals surface area contributed by atoms with Crippen LogP contribution >= 0.6 is 0 Å². The number of aliphatic hydroxyl groups excluding tert-OH is 1. The van der Waals surface area contributed by atoms with Crippen molar-refractivity contribution >= 4 is 0 Å². The predicted molar refractivity (Wildman–Crippen MR) is 34.5 cm³/mol. The van der Waals surface area contributed by atoms with Crippen LogP contribution in [0.5, 0.6) is 0 Å². The molecule has 0 heterocycles. The van der Waals surface area contributed by atoms with Gasteiger partial charge in [0.05, 0.1) is 6.10 Å². The minimum Gasteiger partial charge on any atom is -0.392 e. The van der Waals surface area contributed by atoms with Gasteiger partial charge in [0.15, 0.2) is 0 Å². The van der Waals surface area contributed by atoms with Gasteiger partial charge in [-0.15, -0.1) is 6.58 Å². The van der Waals surface area contributed by atoms with Crippen LogP contribution in [0.25, 0.3) is 0 Å². The van der Waals surface area contributed by atoms with Gasteiger partial charge in [-0.3, -0.25) is 0 Å². The fourth-order valence-corrected chi connectivity index (χ4v) is 0.389. The molecule has 0 aliphatic rings. The van der Waals surface area contributed by atoms with Crippen LogP contribution in [0, 0.1) is 0 Å². The molecule has 0 radical (unpaired) electrons. The molecule has 0 aliphatic heterocycles. The maximum atomic E-state index is 8.78. The molecule has 2 atom stereocenters. The van der Waals surface area contributed by atoms with Gasteiger partial charge in [-0.2, -0.15) is 0 Å². The Hall–Kier alpha value is -0.340. The lowest BCUT2D eigenvalue weighted by Gasteiger charge is -2.10. The summed E-state index contributed by atoms with van der Waals surface area (Å²) in [5, 5.41) is 8.78. The lowest BCUT2D eigenvalue weighted by atomic mass is 10.1. The Morgan fingerprint density at radius 2 is 2.38 bits per heavy atom. The lowest BCUT2D eigenvalue weighted by Crippen LogP contribution is -2.31. The van der Waals surface area contributed by atoms with E-state index in [9.17, 15) is 0 Å². The Morgan fingerprint density at radius 3 is 2.50 bits per heavy atom. The number of rotatable bonds is 3. The molecule has 8 heavy (non-hydrogen) atoms. The SMILES string of the molecule is C=CCC(N)C(C)O. The van der Waals surface area contributed by atoms with Crippen molar-refractivity contribution in [3.05, 3.63) is 12.7 Å². The van der Waals surface area contributed by atoms with Crippen LogP contribution in [0.3, 0.4) is 0 Å². The van der Waals surface area contributed by atoms with Gasteiger partial charge in [-0.05, 0) is 13.3 Å². The van der Waals surface area contributed by atoms with Crippen LogP contribution < -0.4 is 5.73 Å². The van der Waals surface area contributed by atoms with Crippen LogP contribution in [0.2, 0.25) is 0 Å². The molecule has 0 spiro atoms. The van der Waals surface area contributed by atoms with E-state index in [1.54, 1.807) is 13.0 Å².